The normalized spacial score (nSPS) is 19.7. The Hall–Kier alpha value is -2.22. The Bertz CT molecular complexity index is 1090. The molecule has 0 N–H and O–H groups in total. The lowest BCUT2D eigenvalue weighted by atomic mass is 10.1. The molecule has 1 atom stereocenters. The van der Waals surface area contributed by atoms with Gasteiger partial charge in [0.05, 0.1) is 11.5 Å². The van der Waals surface area contributed by atoms with Crippen LogP contribution in [0.3, 0.4) is 0 Å². The Kier molecular flexibility index (Phi) is 4.33. The second-order valence-corrected chi connectivity index (χ2v) is 9.20. The number of rotatable bonds is 4. The molecule has 1 saturated heterocycles. The van der Waals surface area contributed by atoms with E-state index < -0.39 is 21.8 Å². The summed E-state index contributed by atoms with van der Waals surface area (Å²) in [6.07, 6.45) is -3.81. The SMILES string of the molecule is O=S1(=O)CCC(Cc2nnc(Sc3ccc4nnc(C(F)(F)F)n4n3)o2)C1. The van der Waals surface area contributed by atoms with Gasteiger partial charge >= 0.3 is 6.18 Å². The van der Waals surface area contributed by atoms with Crippen molar-refractivity contribution in [1.29, 1.82) is 0 Å². The van der Waals surface area contributed by atoms with Crippen molar-refractivity contribution in [2.45, 2.75) is 29.3 Å². The summed E-state index contributed by atoms with van der Waals surface area (Å²) in [5.74, 6) is -0.786. The summed E-state index contributed by atoms with van der Waals surface area (Å²) in [5, 5.41) is 18.4. The molecule has 144 valence electrons. The molecule has 3 aromatic rings. The van der Waals surface area contributed by atoms with E-state index in [2.05, 4.69) is 25.5 Å². The Morgan fingerprint density at radius 3 is 2.74 bits per heavy atom. The first kappa shape index (κ1) is 18.2. The van der Waals surface area contributed by atoms with Crippen LogP contribution in [0, 0.1) is 5.92 Å². The summed E-state index contributed by atoms with van der Waals surface area (Å²) in [7, 11) is -3.00. The smallest absolute Gasteiger partial charge is 0.416 e. The van der Waals surface area contributed by atoms with Crippen LogP contribution < -0.4 is 0 Å². The first-order valence-corrected chi connectivity index (χ1v) is 10.3. The van der Waals surface area contributed by atoms with Crippen LogP contribution in [-0.4, -0.2) is 49.9 Å². The fraction of sp³-hybridized carbons (Fsp3) is 0.462. The van der Waals surface area contributed by atoms with Crippen LogP contribution in [0.4, 0.5) is 13.2 Å². The predicted octanol–water partition coefficient (Wildman–Crippen LogP) is 1.65. The Labute approximate surface area is 154 Å². The third-order valence-electron chi connectivity index (χ3n) is 3.92. The molecule has 3 aromatic heterocycles. The van der Waals surface area contributed by atoms with Gasteiger partial charge in [-0.3, -0.25) is 0 Å². The van der Waals surface area contributed by atoms with E-state index in [1.165, 1.54) is 12.1 Å². The second kappa shape index (κ2) is 6.44. The average molecular weight is 420 g/mol. The molecule has 0 spiro atoms. The van der Waals surface area contributed by atoms with E-state index in [1.54, 1.807) is 0 Å². The van der Waals surface area contributed by atoms with Crippen molar-refractivity contribution in [2.24, 2.45) is 5.92 Å². The second-order valence-electron chi connectivity index (χ2n) is 6.00. The van der Waals surface area contributed by atoms with Gasteiger partial charge < -0.3 is 4.42 Å². The lowest BCUT2D eigenvalue weighted by Gasteiger charge is -2.03. The minimum atomic E-state index is -4.69. The first-order chi connectivity index (χ1) is 12.7. The number of halogens is 3. The fourth-order valence-corrected chi connectivity index (χ4v) is 5.25. The van der Waals surface area contributed by atoms with Crippen LogP contribution in [0.5, 0.6) is 0 Å². The Balaban J connectivity index is 1.50. The number of sulfone groups is 1. The van der Waals surface area contributed by atoms with Gasteiger partial charge in [0.15, 0.2) is 15.5 Å². The van der Waals surface area contributed by atoms with E-state index >= 15 is 0 Å². The van der Waals surface area contributed by atoms with Gasteiger partial charge in [0.1, 0.15) is 5.03 Å². The summed E-state index contributed by atoms with van der Waals surface area (Å²) in [4.78, 5) is 0. The van der Waals surface area contributed by atoms with Crippen LogP contribution in [0.1, 0.15) is 18.1 Å². The minimum absolute atomic E-state index is 0.0414. The minimum Gasteiger partial charge on any atom is -0.416 e. The van der Waals surface area contributed by atoms with Crippen molar-refractivity contribution in [2.75, 3.05) is 11.5 Å². The van der Waals surface area contributed by atoms with Crippen molar-refractivity contribution in [3.05, 3.63) is 23.8 Å². The van der Waals surface area contributed by atoms with Crippen LogP contribution in [0.2, 0.25) is 0 Å². The topological polar surface area (TPSA) is 116 Å². The predicted molar refractivity (Wildman–Crippen MR) is 84.7 cm³/mol. The summed E-state index contributed by atoms with van der Waals surface area (Å²) in [6.45, 7) is 0. The average Bonchev–Trinajstić information content (AvgIpc) is 3.26. The number of alkyl halides is 3. The highest BCUT2D eigenvalue weighted by atomic mass is 32.2. The van der Waals surface area contributed by atoms with Crippen molar-refractivity contribution in [3.63, 3.8) is 0 Å². The highest BCUT2D eigenvalue weighted by Crippen LogP contribution is 2.30. The lowest BCUT2D eigenvalue weighted by Crippen LogP contribution is -2.12. The summed E-state index contributed by atoms with van der Waals surface area (Å²) in [5.41, 5.74) is -0.0414. The number of nitrogens with zero attached hydrogens (tertiary/aromatic N) is 6. The van der Waals surface area contributed by atoms with E-state index in [1.807, 2.05) is 0 Å². The van der Waals surface area contributed by atoms with E-state index in [0.29, 0.717) is 17.4 Å². The maximum Gasteiger partial charge on any atom is 0.453 e. The zero-order valence-corrected chi connectivity index (χ0v) is 15.1. The molecule has 0 radical (unpaired) electrons. The third kappa shape index (κ3) is 3.90. The van der Waals surface area contributed by atoms with Gasteiger partial charge in [-0.2, -0.15) is 22.8 Å². The van der Waals surface area contributed by atoms with Crippen molar-refractivity contribution < 1.29 is 26.0 Å². The highest BCUT2D eigenvalue weighted by Gasteiger charge is 2.37. The number of aromatic nitrogens is 6. The molecule has 0 bridgehead atoms. The molecule has 1 fully saturated rings. The quantitative estimate of drug-likeness (QED) is 0.621. The molecule has 9 nitrogen and oxygen atoms in total. The van der Waals surface area contributed by atoms with Crippen LogP contribution in [-0.2, 0) is 22.4 Å². The monoisotopic (exact) mass is 420 g/mol. The maximum atomic E-state index is 12.9. The lowest BCUT2D eigenvalue weighted by molar-refractivity contribution is -0.146. The molecule has 1 aliphatic heterocycles. The number of hydrogen-bond acceptors (Lipinski definition) is 9. The van der Waals surface area contributed by atoms with E-state index in [-0.39, 0.29) is 39.2 Å². The Morgan fingerprint density at radius 2 is 2.04 bits per heavy atom. The largest absolute Gasteiger partial charge is 0.453 e. The van der Waals surface area contributed by atoms with Gasteiger partial charge in [-0.15, -0.1) is 20.4 Å². The molecule has 0 aromatic carbocycles. The molecule has 4 heterocycles. The fourth-order valence-electron chi connectivity index (χ4n) is 2.73. The number of hydrogen-bond donors (Lipinski definition) is 0. The van der Waals surface area contributed by atoms with Crippen molar-refractivity contribution in [1.82, 2.24) is 30.0 Å². The maximum absolute atomic E-state index is 12.9. The molecular weight excluding hydrogens is 409 g/mol. The standard InChI is InChI=1S/C13H11F3N6O3S2/c14-13(15,16)11-19-17-8-1-2-10(21-22(8)11)26-12-20-18-9(25-12)5-7-3-4-27(23,24)6-7/h1-2,7H,3-6H2. The van der Waals surface area contributed by atoms with Gasteiger partial charge in [0.2, 0.25) is 5.89 Å². The zero-order valence-electron chi connectivity index (χ0n) is 13.4. The molecule has 1 unspecified atom stereocenters. The molecular formula is C13H11F3N6O3S2. The summed E-state index contributed by atoms with van der Waals surface area (Å²) < 4.78 is 67.8. The van der Waals surface area contributed by atoms with Crippen LogP contribution >= 0.6 is 11.8 Å². The van der Waals surface area contributed by atoms with Gasteiger partial charge in [-0.1, -0.05) is 0 Å². The third-order valence-corrected chi connectivity index (χ3v) is 6.53. The highest BCUT2D eigenvalue weighted by molar-refractivity contribution is 7.99. The van der Waals surface area contributed by atoms with E-state index in [4.69, 9.17) is 4.42 Å². The van der Waals surface area contributed by atoms with Gasteiger partial charge in [-0.25, -0.2) is 8.42 Å². The molecule has 0 saturated carbocycles. The summed E-state index contributed by atoms with van der Waals surface area (Å²) >= 11 is 0.890. The van der Waals surface area contributed by atoms with Crippen molar-refractivity contribution >= 4 is 27.2 Å². The molecule has 27 heavy (non-hydrogen) atoms. The van der Waals surface area contributed by atoms with E-state index in [9.17, 15) is 21.6 Å². The Morgan fingerprint density at radius 1 is 1.22 bits per heavy atom. The first-order valence-electron chi connectivity index (χ1n) is 7.70. The zero-order chi connectivity index (χ0) is 19.2. The molecule has 1 aliphatic rings. The van der Waals surface area contributed by atoms with Crippen LogP contribution in [0.15, 0.2) is 26.8 Å². The van der Waals surface area contributed by atoms with E-state index in [0.717, 1.165) is 11.8 Å². The molecule has 4 rings (SSSR count). The van der Waals surface area contributed by atoms with Gasteiger partial charge in [-0.05, 0) is 36.2 Å². The summed E-state index contributed by atoms with van der Waals surface area (Å²) in [6, 6.07) is 2.81. The van der Waals surface area contributed by atoms with Gasteiger partial charge in [0, 0.05) is 6.42 Å². The molecule has 14 heteroatoms. The number of fused-ring (bicyclic) bond motifs is 1. The van der Waals surface area contributed by atoms with Crippen LogP contribution in [0.25, 0.3) is 5.65 Å². The molecule has 0 amide bonds. The van der Waals surface area contributed by atoms with Crippen molar-refractivity contribution in [3.8, 4) is 0 Å². The van der Waals surface area contributed by atoms with Gasteiger partial charge in [0.25, 0.3) is 11.0 Å². The molecule has 0 aliphatic carbocycles.